The van der Waals surface area contributed by atoms with Crippen LogP contribution in [0.4, 0.5) is 0 Å². The Labute approximate surface area is 139 Å². The van der Waals surface area contributed by atoms with E-state index in [0.717, 1.165) is 17.7 Å². The molecule has 1 unspecified atom stereocenters. The molecule has 3 rings (SSSR count). The Morgan fingerprint density at radius 2 is 2.04 bits per heavy atom. The fourth-order valence-electron chi connectivity index (χ4n) is 2.51. The van der Waals surface area contributed by atoms with Crippen molar-refractivity contribution in [3.05, 3.63) is 69.9 Å². The summed E-state index contributed by atoms with van der Waals surface area (Å²) in [6, 6.07) is 13.3. The maximum Gasteiger partial charge on any atom is 0.258 e. The molecule has 1 atom stereocenters. The number of benzene rings is 1. The Balaban J connectivity index is 1.86. The van der Waals surface area contributed by atoms with Crippen LogP contribution in [-0.2, 0) is 17.6 Å². The monoisotopic (exact) mass is 325 g/mol. The van der Waals surface area contributed by atoms with E-state index in [1.54, 1.807) is 7.11 Å². The molecule has 24 heavy (non-hydrogen) atoms. The highest BCUT2D eigenvalue weighted by atomic mass is 16.5. The van der Waals surface area contributed by atoms with Crippen molar-refractivity contribution in [3.63, 3.8) is 0 Å². The van der Waals surface area contributed by atoms with Crippen molar-refractivity contribution in [2.45, 2.75) is 25.9 Å². The molecule has 1 N–H and O–H groups in total. The largest absolute Gasteiger partial charge is 0.373 e. The standard InChI is InChI=1S/C18H19N3O3/c1-3-14-10-13(11-16(22)19-14)18-20-17(21-24-18)15(23-2)9-12-7-5-4-6-8-12/h4-8,10-11,15H,3,9H2,1-2H3,(H,19,22). The number of H-pyrrole nitrogens is 1. The van der Waals surface area contributed by atoms with E-state index in [9.17, 15) is 4.79 Å². The summed E-state index contributed by atoms with van der Waals surface area (Å²) in [4.78, 5) is 18.9. The van der Waals surface area contributed by atoms with E-state index >= 15 is 0 Å². The minimum Gasteiger partial charge on any atom is -0.373 e. The van der Waals surface area contributed by atoms with Crippen LogP contribution in [0.3, 0.4) is 0 Å². The second kappa shape index (κ2) is 7.23. The number of nitrogens with one attached hydrogen (secondary N) is 1. The van der Waals surface area contributed by atoms with E-state index in [2.05, 4.69) is 15.1 Å². The van der Waals surface area contributed by atoms with Gasteiger partial charge in [-0.05, 0) is 18.1 Å². The highest BCUT2D eigenvalue weighted by molar-refractivity contribution is 5.52. The normalized spacial score (nSPS) is 12.2. The van der Waals surface area contributed by atoms with Gasteiger partial charge < -0.3 is 14.2 Å². The number of hydrogen-bond acceptors (Lipinski definition) is 5. The molecule has 1 aromatic carbocycles. The van der Waals surface area contributed by atoms with Gasteiger partial charge in [0.15, 0.2) is 0 Å². The molecule has 0 aliphatic carbocycles. The van der Waals surface area contributed by atoms with Crippen LogP contribution in [-0.4, -0.2) is 22.2 Å². The summed E-state index contributed by atoms with van der Waals surface area (Å²) in [5, 5.41) is 4.02. The average Bonchev–Trinajstić information content (AvgIpc) is 3.10. The summed E-state index contributed by atoms with van der Waals surface area (Å²) in [6.07, 6.45) is 1.06. The molecule has 0 fully saturated rings. The fourth-order valence-corrected chi connectivity index (χ4v) is 2.51. The smallest absolute Gasteiger partial charge is 0.258 e. The van der Waals surface area contributed by atoms with Gasteiger partial charge in [-0.25, -0.2) is 0 Å². The van der Waals surface area contributed by atoms with Crippen LogP contribution in [0.2, 0.25) is 0 Å². The van der Waals surface area contributed by atoms with Crippen LogP contribution in [0.25, 0.3) is 11.5 Å². The molecule has 2 heterocycles. The van der Waals surface area contributed by atoms with Gasteiger partial charge in [0.2, 0.25) is 11.4 Å². The summed E-state index contributed by atoms with van der Waals surface area (Å²) in [6.45, 7) is 1.97. The van der Waals surface area contributed by atoms with Crippen molar-refractivity contribution in [3.8, 4) is 11.5 Å². The number of aromatic nitrogens is 3. The first-order valence-electron chi connectivity index (χ1n) is 7.83. The third-order valence-corrected chi connectivity index (χ3v) is 3.81. The molecule has 0 saturated heterocycles. The number of pyridine rings is 1. The summed E-state index contributed by atoms with van der Waals surface area (Å²) in [5.74, 6) is 0.788. The van der Waals surface area contributed by atoms with Gasteiger partial charge in [-0.15, -0.1) is 0 Å². The van der Waals surface area contributed by atoms with E-state index in [4.69, 9.17) is 9.26 Å². The van der Waals surface area contributed by atoms with Crippen molar-refractivity contribution in [1.29, 1.82) is 0 Å². The number of hydrogen-bond donors (Lipinski definition) is 1. The third kappa shape index (κ3) is 3.60. The molecule has 6 heteroatoms. The minimum absolute atomic E-state index is 0.184. The second-order valence-corrected chi connectivity index (χ2v) is 5.48. The molecule has 0 amide bonds. The summed E-state index contributed by atoms with van der Waals surface area (Å²) >= 11 is 0. The van der Waals surface area contributed by atoms with E-state index in [1.165, 1.54) is 6.07 Å². The van der Waals surface area contributed by atoms with E-state index in [0.29, 0.717) is 23.7 Å². The summed E-state index contributed by atoms with van der Waals surface area (Å²) < 4.78 is 10.8. The van der Waals surface area contributed by atoms with Crippen LogP contribution < -0.4 is 5.56 Å². The van der Waals surface area contributed by atoms with Gasteiger partial charge >= 0.3 is 0 Å². The molecule has 0 aliphatic rings. The van der Waals surface area contributed by atoms with Gasteiger partial charge in [-0.1, -0.05) is 42.4 Å². The van der Waals surface area contributed by atoms with Crippen LogP contribution in [0.15, 0.2) is 51.8 Å². The lowest BCUT2D eigenvalue weighted by atomic mass is 10.1. The highest BCUT2D eigenvalue weighted by Crippen LogP contribution is 2.23. The molecule has 0 bridgehead atoms. The van der Waals surface area contributed by atoms with E-state index in [1.807, 2.05) is 43.3 Å². The molecule has 3 aromatic rings. The van der Waals surface area contributed by atoms with Crippen molar-refractivity contribution >= 4 is 0 Å². The van der Waals surface area contributed by atoms with Crippen molar-refractivity contribution < 1.29 is 9.26 Å². The number of ether oxygens (including phenoxy) is 1. The van der Waals surface area contributed by atoms with Crippen molar-refractivity contribution in [1.82, 2.24) is 15.1 Å². The van der Waals surface area contributed by atoms with Gasteiger partial charge in [0.1, 0.15) is 6.10 Å². The Bertz CT molecular complexity index is 855. The lowest BCUT2D eigenvalue weighted by Crippen LogP contribution is -2.08. The third-order valence-electron chi connectivity index (χ3n) is 3.81. The van der Waals surface area contributed by atoms with Gasteiger partial charge in [0.25, 0.3) is 5.89 Å². The number of nitrogens with zero attached hydrogens (tertiary/aromatic N) is 2. The lowest BCUT2D eigenvalue weighted by molar-refractivity contribution is 0.0938. The first-order chi connectivity index (χ1) is 11.7. The predicted molar refractivity (Wildman–Crippen MR) is 89.6 cm³/mol. The molecular weight excluding hydrogens is 306 g/mol. The first kappa shape index (κ1) is 16.1. The Morgan fingerprint density at radius 3 is 2.75 bits per heavy atom. The number of aryl methyl sites for hydroxylation is 1. The zero-order chi connectivity index (χ0) is 16.9. The zero-order valence-corrected chi connectivity index (χ0v) is 13.7. The molecule has 6 nitrogen and oxygen atoms in total. The predicted octanol–water partition coefficient (Wildman–Crippen LogP) is 2.92. The first-order valence-corrected chi connectivity index (χ1v) is 7.83. The zero-order valence-electron chi connectivity index (χ0n) is 13.7. The van der Waals surface area contributed by atoms with Crippen LogP contribution >= 0.6 is 0 Å². The Kier molecular flexibility index (Phi) is 4.86. The van der Waals surface area contributed by atoms with Gasteiger partial charge in [0, 0.05) is 30.9 Å². The number of methoxy groups -OCH3 is 1. The molecule has 2 aromatic heterocycles. The van der Waals surface area contributed by atoms with E-state index < -0.39 is 0 Å². The maximum atomic E-state index is 11.7. The molecule has 124 valence electrons. The molecular formula is C18H19N3O3. The van der Waals surface area contributed by atoms with Crippen LogP contribution in [0, 0.1) is 0 Å². The van der Waals surface area contributed by atoms with Crippen LogP contribution in [0.5, 0.6) is 0 Å². The number of aromatic amines is 1. The van der Waals surface area contributed by atoms with Gasteiger partial charge in [-0.2, -0.15) is 4.98 Å². The molecule has 0 aliphatic heterocycles. The molecule has 0 radical (unpaired) electrons. The van der Waals surface area contributed by atoms with E-state index in [-0.39, 0.29) is 11.7 Å². The second-order valence-electron chi connectivity index (χ2n) is 5.48. The highest BCUT2D eigenvalue weighted by Gasteiger charge is 2.19. The quantitative estimate of drug-likeness (QED) is 0.753. The maximum absolute atomic E-state index is 11.7. The molecule has 0 saturated carbocycles. The SMILES string of the molecule is CCc1cc(-c2nc(C(Cc3ccccc3)OC)no2)cc(=O)[nH]1. The Hall–Kier alpha value is -2.73. The van der Waals surface area contributed by atoms with Gasteiger partial charge in [-0.3, -0.25) is 4.79 Å². The number of rotatable bonds is 6. The minimum atomic E-state index is -0.308. The van der Waals surface area contributed by atoms with Crippen molar-refractivity contribution in [2.75, 3.05) is 7.11 Å². The fraction of sp³-hybridized carbons (Fsp3) is 0.278. The van der Waals surface area contributed by atoms with Crippen molar-refractivity contribution in [2.24, 2.45) is 0 Å². The van der Waals surface area contributed by atoms with Crippen LogP contribution in [0.1, 0.15) is 30.1 Å². The summed E-state index contributed by atoms with van der Waals surface area (Å²) in [5.41, 5.74) is 2.38. The molecule has 0 spiro atoms. The lowest BCUT2D eigenvalue weighted by Gasteiger charge is -2.10. The Morgan fingerprint density at radius 1 is 1.25 bits per heavy atom. The van der Waals surface area contributed by atoms with Gasteiger partial charge in [0.05, 0.1) is 0 Å². The summed E-state index contributed by atoms with van der Waals surface area (Å²) in [7, 11) is 1.62. The average molecular weight is 325 g/mol. The topological polar surface area (TPSA) is 81.0 Å².